The Balaban J connectivity index is 1.83. The lowest BCUT2D eigenvalue weighted by atomic mass is 9.73. The molecular weight excluding hydrogens is 229 g/mol. The third kappa shape index (κ3) is 1.82. The van der Waals surface area contributed by atoms with E-state index < -0.39 is 0 Å². The predicted molar refractivity (Wildman–Crippen MR) is 68.9 cm³/mol. The van der Waals surface area contributed by atoms with Gasteiger partial charge in [-0.05, 0) is 43.5 Å². The van der Waals surface area contributed by atoms with Gasteiger partial charge < -0.3 is 4.90 Å². The van der Waals surface area contributed by atoms with Crippen LogP contribution in [0.3, 0.4) is 0 Å². The Kier molecular flexibility index (Phi) is 2.84. The SMILES string of the molecule is O=C1N(c2ccc(F)cc2)CCC12CCCCC2. The molecule has 2 fully saturated rings. The third-order valence-corrected chi connectivity index (χ3v) is 4.46. The number of halogens is 1. The summed E-state index contributed by atoms with van der Waals surface area (Å²) in [5, 5.41) is 0. The molecule has 0 atom stereocenters. The second-order valence-corrected chi connectivity index (χ2v) is 5.52. The Morgan fingerprint density at radius 1 is 1.00 bits per heavy atom. The summed E-state index contributed by atoms with van der Waals surface area (Å²) in [5.74, 6) is 0.00610. The van der Waals surface area contributed by atoms with Crippen molar-refractivity contribution >= 4 is 11.6 Å². The minimum atomic E-state index is -0.252. The molecule has 3 rings (SSSR count). The Hall–Kier alpha value is -1.38. The van der Waals surface area contributed by atoms with Gasteiger partial charge in [-0.3, -0.25) is 4.79 Å². The zero-order valence-corrected chi connectivity index (χ0v) is 10.5. The van der Waals surface area contributed by atoms with Gasteiger partial charge in [0.2, 0.25) is 5.91 Å². The zero-order valence-electron chi connectivity index (χ0n) is 10.5. The molecule has 0 unspecified atom stereocenters. The lowest BCUT2D eigenvalue weighted by Crippen LogP contribution is -2.36. The average molecular weight is 247 g/mol. The first-order valence-corrected chi connectivity index (χ1v) is 6.79. The van der Waals surface area contributed by atoms with Gasteiger partial charge in [-0.1, -0.05) is 19.3 Å². The average Bonchev–Trinajstić information content (AvgIpc) is 2.70. The molecule has 1 aromatic carbocycles. The number of anilines is 1. The van der Waals surface area contributed by atoms with Gasteiger partial charge in [0.25, 0.3) is 0 Å². The molecule has 0 aromatic heterocycles. The topological polar surface area (TPSA) is 20.3 Å². The van der Waals surface area contributed by atoms with E-state index in [0.29, 0.717) is 0 Å². The first-order chi connectivity index (χ1) is 8.71. The van der Waals surface area contributed by atoms with Crippen LogP contribution >= 0.6 is 0 Å². The van der Waals surface area contributed by atoms with Gasteiger partial charge >= 0.3 is 0 Å². The molecule has 2 nitrogen and oxygen atoms in total. The number of rotatable bonds is 1. The van der Waals surface area contributed by atoms with Gasteiger partial charge in [-0.15, -0.1) is 0 Å². The second kappa shape index (κ2) is 4.38. The van der Waals surface area contributed by atoms with Crippen LogP contribution in [0.4, 0.5) is 10.1 Å². The molecule has 3 heteroatoms. The van der Waals surface area contributed by atoms with Gasteiger partial charge in [0.1, 0.15) is 5.82 Å². The van der Waals surface area contributed by atoms with E-state index in [2.05, 4.69) is 0 Å². The molecule has 1 spiro atoms. The fourth-order valence-corrected chi connectivity index (χ4v) is 3.38. The molecule has 1 aliphatic carbocycles. The molecule has 1 aromatic rings. The highest BCUT2D eigenvalue weighted by atomic mass is 19.1. The van der Waals surface area contributed by atoms with Crippen LogP contribution in [0, 0.1) is 11.2 Å². The van der Waals surface area contributed by atoms with E-state index in [4.69, 9.17) is 0 Å². The van der Waals surface area contributed by atoms with Crippen molar-refractivity contribution in [2.24, 2.45) is 5.41 Å². The second-order valence-electron chi connectivity index (χ2n) is 5.52. The summed E-state index contributed by atoms with van der Waals surface area (Å²) in [6.07, 6.45) is 6.62. The summed E-state index contributed by atoms with van der Waals surface area (Å²) >= 11 is 0. The smallest absolute Gasteiger partial charge is 0.233 e. The van der Waals surface area contributed by atoms with Gasteiger partial charge in [0.05, 0.1) is 5.41 Å². The van der Waals surface area contributed by atoms with E-state index >= 15 is 0 Å². The minimum absolute atomic E-state index is 0.105. The normalized spacial score (nSPS) is 22.7. The summed E-state index contributed by atoms with van der Waals surface area (Å²) in [6.45, 7) is 0.782. The maximum absolute atomic E-state index is 12.9. The first-order valence-electron chi connectivity index (χ1n) is 6.79. The zero-order chi connectivity index (χ0) is 12.6. The number of carbonyl (C=O) groups is 1. The molecule has 18 heavy (non-hydrogen) atoms. The fourth-order valence-electron chi connectivity index (χ4n) is 3.38. The summed E-state index contributed by atoms with van der Waals surface area (Å²) in [5.41, 5.74) is 0.732. The summed E-state index contributed by atoms with van der Waals surface area (Å²) in [7, 11) is 0. The van der Waals surface area contributed by atoms with E-state index in [9.17, 15) is 9.18 Å². The van der Waals surface area contributed by atoms with E-state index in [-0.39, 0.29) is 17.1 Å². The molecule has 0 bridgehead atoms. The summed E-state index contributed by atoms with van der Waals surface area (Å²) in [4.78, 5) is 14.4. The Morgan fingerprint density at radius 2 is 1.67 bits per heavy atom. The van der Waals surface area contributed by atoms with E-state index in [1.165, 1.54) is 31.4 Å². The predicted octanol–water partition coefficient (Wildman–Crippen LogP) is 3.51. The van der Waals surface area contributed by atoms with Gasteiger partial charge in [-0.25, -0.2) is 4.39 Å². The van der Waals surface area contributed by atoms with Gasteiger partial charge in [-0.2, -0.15) is 0 Å². The standard InChI is InChI=1S/C15H18FNO/c16-12-4-6-13(7-5-12)17-11-10-15(14(17)18)8-2-1-3-9-15/h4-7H,1-3,8-11H2. The molecule has 1 aliphatic heterocycles. The van der Waals surface area contributed by atoms with Crippen LogP contribution in [0.5, 0.6) is 0 Å². The monoisotopic (exact) mass is 247 g/mol. The maximum atomic E-state index is 12.9. The maximum Gasteiger partial charge on any atom is 0.233 e. The van der Waals surface area contributed by atoms with Crippen LogP contribution in [-0.2, 0) is 4.79 Å². The van der Waals surface area contributed by atoms with Crippen molar-refractivity contribution in [3.63, 3.8) is 0 Å². The Labute approximate surface area is 107 Å². The molecule has 1 saturated heterocycles. The Morgan fingerprint density at radius 3 is 2.33 bits per heavy atom. The number of hydrogen-bond acceptors (Lipinski definition) is 1. The summed E-state index contributed by atoms with van der Waals surface area (Å²) in [6, 6.07) is 6.26. The van der Waals surface area contributed by atoms with Crippen molar-refractivity contribution in [3.05, 3.63) is 30.1 Å². The Bertz CT molecular complexity index is 448. The van der Waals surface area contributed by atoms with Crippen molar-refractivity contribution in [3.8, 4) is 0 Å². The molecule has 1 saturated carbocycles. The number of benzene rings is 1. The van der Waals surface area contributed by atoms with Gasteiger partial charge in [0, 0.05) is 12.2 Å². The summed E-state index contributed by atoms with van der Waals surface area (Å²) < 4.78 is 12.9. The minimum Gasteiger partial charge on any atom is -0.312 e. The molecule has 0 N–H and O–H groups in total. The highest BCUT2D eigenvalue weighted by molar-refractivity contribution is 5.99. The van der Waals surface area contributed by atoms with Crippen LogP contribution in [-0.4, -0.2) is 12.5 Å². The molecule has 1 heterocycles. The number of amides is 1. The van der Waals surface area contributed by atoms with E-state index in [1.54, 1.807) is 12.1 Å². The lowest BCUT2D eigenvalue weighted by Gasteiger charge is -2.31. The van der Waals surface area contributed by atoms with Gasteiger partial charge in [0.15, 0.2) is 0 Å². The number of hydrogen-bond donors (Lipinski definition) is 0. The largest absolute Gasteiger partial charge is 0.312 e. The number of carbonyl (C=O) groups excluding carboxylic acids is 1. The quantitative estimate of drug-likeness (QED) is 0.743. The highest BCUT2D eigenvalue weighted by Crippen LogP contribution is 2.45. The molecule has 96 valence electrons. The van der Waals surface area contributed by atoms with Crippen LogP contribution < -0.4 is 4.90 Å². The van der Waals surface area contributed by atoms with Crippen LogP contribution in [0.15, 0.2) is 24.3 Å². The lowest BCUT2D eigenvalue weighted by molar-refractivity contribution is -0.127. The molecular formula is C15H18FNO. The first kappa shape index (κ1) is 11.7. The highest BCUT2D eigenvalue weighted by Gasteiger charge is 2.47. The van der Waals surface area contributed by atoms with Crippen molar-refractivity contribution < 1.29 is 9.18 Å². The fraction of sp³-hybridized carbons (Fsp3) is 0.533. The molecule has 2 aliphatic rings. The van der Waals surface area contributed by atoms with Crippen LogP contribution in [0.25, 0.3) is 0 Å². The van der Waals surface area contributed by atoms with Crippen LogP contribution in [0.2, 0.25) is 0 Å². The van der Waals surface area contributed by atoms with Crippen molar-refractivity contribution in [2.75, 3.05) is 11.4 Å². The van der Waals surface area contributed by atoms with E-state index in [1.807, 2.05) is 4.90 Å². The number of nitrogens with zero attached hydrogens (tertiary/aromatic N) is 1. The van der Waals surface area contributed by atoms with Crippen molar-refractivity contribution in [2.45, 2.75) is 38.5 Å². The molecule has 0 radical (unpaired) electrons. The van der Waals surface area contributed by atoms with Crippen LogP contribution in [0.1, 0.15) is 38.5 Å². The van der Waals surface area contributed by atoms with Crippen molar-refractivity contribution in [1.29, 1.82) is 0 Å². The molecule has 1 amide bonds. The van der Waals surface area contributed by atoms with Crippen molar-refractivity contribution in [1.82, 2.24) is 0 Å². The third-order valence-electron chi connectivity index (χ3n) is 4.46. The van der Waals surface area contributed by atoms with E-state index in [0.717, 1.165) is 31.5 Å².